The fraction of sp³-hybridized carbons (Fsp3) is 0. The van der Waals surface area contributed by atoms with Crippen LogP contribution in [-0.4, -0.2) is 35.0 Å². The van der Waals surface area contributed by atoms with Crippen LogP contribution in [0, 0.1) is 0 Å². The van der Waals surface area contributed by atoms with Crippen LogP contribution in [0.1, 0.15) is 0 Å². The molecule has 0 unspecified atom stereocenters. The van der Waals surface area contributed by atoms with Crippen molar-refractivity contribution >= 4 is 0 Å². The summed E-state index contributed by atoms with van der Waals surface area (Å²) in [6.45, 7) is 0. The van der Waals surface area contributed by atoms with Gasteiger partial charge in [0.05, 0.1) is 24.8 Å². The molecule has 0 amide bonds. The molecule has 0 spiro atoms. The molecule has 16 heavy (non-hydrogen) atoms. The first-order valence-corrected chi connectivity index (χ1v) is 4.64. The van der Waals surface area contributed by atoms with Crippen molar-refractivity contribution in [2.75, 3.05) is 0 Å². The van der Waals surface area contributed by atoms with Gasteiger partial charge in [-0.05, 0) is 12.1 Å². The Hall–Kier alpha value is -2.57. The van der Waals surface area contributed by atoms with Gasteiger partial charge >= 0.3 is 0 Å². The van der Waals surface area contributed by atoms with Crippen molar-refractivity contribution in [2.45, 2.75) is 0 Å². The molecular weight excluding hydrogens is 206 g/mol. The van der Waals surface area contributed by atoms with Crippen molar-refractivity contribution < 1.29 is 0 Å². The van der Waals surface area contributed by atoms with E-state index in [1.807, 2.05) is 18.2 Å². The summed E-state index contributed by atoms with van der Waals surface area (Å²) in [6, 6.07) is 5.56. The molecule has 0 saturated heterocycles. The predicted molar refractivity (Wildman–Crippen MR) is 54.1 cm³/mol. The highest BCUT2D eigenvalue weighted by Crippen LogP contribution is 2.06. The van der Waals surface area contributed by atoms with E-state index < -0.39 is 0 Å². The van der Waals surface area contributed by atoms with Crippen LogP contribution in [0.15, 0.2) is 43.0 Å². The highest BCUT2D eigenvalue weighted by atomic mass is 15.5. The van der Waals surface area contributed by atoms with Crippen LogP contribution >= 0.6 is 0 Å². The van der Waals surface area contributed by atoms with E-state index in [1.54, 1.807) is 34.2 Å². The van der Waals surface area contributed by atoms with Crippen molar-refractivity contribution in [3.05, 3.63) is 43.0 Å². The summed E-state index contributed by atoms with van der Waals surface area (Å²) in [5, 5.41) is 15.2. The molecule has 0 atom stereocenters. The first-order valence-electron chi connectivity index (χ1n) is 4.64. The standard InChI is InChI=1S/C9H7N7/c1-2-8(15-6-4-10-13-15)12-9(3-1)16-7-5-11-14-16/h1-7H. The quantitative estimate of drug-likeness (QED) is 0.609. The second kappa shape index (κ2) is 3.54. The fourth-order valence-corrected chi connectivity index (χ4v) is 1.33. The van der Waals surface area contributed by atoms with E-state index in [9.17, 15) is 0 Å². The summed E-state index contributed by atoms with van der Waals surface area (Å²) in [7, 11) is 0. The van der Waals surface area contributed by atoms with Crippen LogP contribution in [0.4, 0.5) is 0 Å². The molecule has 3 rings (SSSR count). The zero-order chi connectivity index (χ0) is 10.8. The maximum atomic E-state index is 4.38. The van der Waals surface area contributed by atoms with E-state index >= 15 is 0 Å². The Balaban J connectivity index is 2.07. The van der Waals surface area contributed by atoms with Crippen LogP contribution in [-0.2, 0) is 0 Å². The summed E-state index contributed by atoms with van der Waals surface area (Å²) in [5.74, 6) is 1.37. The van der Waals surface area contributed by atoms with E-state index in [4.69, 9.17) is 0 Å². The van der Waals surface area contributed by atoms with Gasteiger partial charge in [0.1, 0.15) is 0 Å². The van der Waals surface area contributed by atoms with Crippen molar-refractivity contribution in [2.24, 2.45) is 0 Å². The molecule has 78 valence electrons. The van der Waals surface area contributed by atoms with Gasteiger partial charge in [-0.2, -0.15) is 0 Å². The Kier molecular flexibility index (Phi) is 1.93. The molecule has 3 aromatic heterocycles. The highest BCUT2D eigenvalue weighted by molar-refractivity contribution is 5.29. The van der Waals surface area contributed by atoms with Gasteiger partial charge in [0, 0.05) is 0 Å². The minimum absolute atomic E-state index is 0.686. The van der Waals surface area contributed by atoms with Crippen LogP contribution in [0.25, 0.3) is 11.6 Å². The Morgan fingerprint density at radius 3 is 1.81 bits per heavy atom. The SMILES string of the molecule is c1cc(-n2ccnn2)nc(-n2ccnn2)c1. The van der Waals surface area contributed by atoms with Gasteiger partial charge in [-0.15, -0.1) is 10.2 Å². The Morgan fingerprint density at radius 1 is 0.812 bits per heavy atom. The minimum atomic E-state index is 0.686. The number of hydrogen-bond donors (Lipinski definition) is 0. The van der Waals surface area contributed by atoms with Crippen LogP contribution in [0.5, 0.6) is 0 Å². The Bertz CT molecular complexity index is 520. The van der Waals surface area contributed by atoms with Gasteiger partial charge in [-0.25, -0.2) is 14.3 Å². The summed E-state index contributed by atoms with van der Waals surface area (Å²) in [5.41, 5.74) is 0. The molecule has 3 aromatic rings. The maximum Gasteiger partial charge on any atom is 0.157 e. The van der Waals surface area contributed by atoms with Crippen LogP contribution in [0.3, 0.4) is 0 Å². The van der Waals surface area contributed by atoms with Gasteiger partial charge in [0.15, 0.2) is 11.6 Å². The molecule has 0 aliphatic rings. The third-order valence-corrected chi connectivity index (χ3v) is 2.03. The number of pyridine rings is 1. The van der Waals surface area contributed by atoms with Gasteiger partial charge in [0.2, 0.25) is 0 Å². The second-order valence-corrected chi connectivity index (χ2v) is 3.05. The molecular formula is C9H7N7. The molecule has 0 bridgehead atoms. The smallest absolute Gasteiger partial charge is 0.157 e. The summed E-state index contributed by atoms with van der Waals surface area (Å²) < 4.78 is 3.17. The zero-order valence-corrected chi connectivity index (χ0v) is 8.17. The van der Waals surface area contributed by atoms with Gasteiger partial charge in [0.25, 0.3) is 0 Å². The first kappa shape index (κ1) is 8.72. The molecule has 0 radical (unpaired) electrons. The molecule has 0 aliphatic heterocycles. The number of aromatic nitrogens is 7. The lowest BCUT2D eigenvalue weighted by Crippen LogP contribution is -2.04. The first-order chi connectivity index (χ1) is 7.93. The van der Waals surface area contributed by atoms with Gasteiger partial charge in [-0.1, -0.05) is 16.5 Å². The van der Waals surface area contributed by atoms with E-state index in [0.29, 0.717) is 11.6 Å². The number of rotatable bonds is 2. The molecule has 0 N–H and O–H groups in total. The lowest BCUT2D eigenvalue weighted by atomic mass is 10.4. The molecule has 0 aromatic carbocycles. The highest BCUT2D eigenvalue weighted by Gasteiger charge is 2.02. The zero-order valence-electron chi connectivity index (χ0n) is 8.17. The molecule has 7 nitrogen and oxygen atoms in total. The van der Waals surface area contributed by atoms with E-state index in [0.717, 1.165) is 0 Å². The van der Waals surface area contributed by atoms with Crippen molar-refractivity contribution in [1.29, 1.82) is 0 Å². The summed E-state index contributed by atoms with van der Waals surface area (Å²) >= 11 is 0. The number of nitrogens with zero attached hydrogens (tertiary/aromatic N) is 7. The fourth-order valence-electron chi connectivity index (χ4n) is 1.33. The molecule has 0 saturated carbocycles. The summed E-state index contributed by atoms with van der Waals surface area (Å²) in [6.07, 6.45) is 6.66. The molecule has 3 heterocycles. The van der Waals surface area contributed by atoms with Crippen molar-refractivity contribution in [3.63, 3.8) is 0 Å². The van der Waals surface area contributed by atoms with Crippen LogP contribution < -0.4 is 0 Å². The molecule has 0 fully saturated rings. The Morgan fingerprint density at radius 2 is 1.38 bits per heavy atom. The third kappa shape index (κ3) is 1.44. The third-order valence-electron chi connectivity index (χ3n) is 2.03. The minimum Gasteiger partial charge on any atom is -0.209 e. The maximum absolute atomic E-state index is 4.38. The van der Waals surface area contributed by atoms with E-state index in [1.165, 1.54) is 0 Å². The predicted octanol–water partition coefficient (Wildman–Crippen LogP) is 0.243. The average Bonchev–Trinajstić information content (AvgIpc) is 3.03. The molecule has 0 aliphatic carbocycles. The second-order valence-electron chi connectivity index (χ2n) is 3.05. The van der Waals surface area contributed by atoms with E-state index in [2.05, 4.69) is 25.6 Å². The Labute approximate surface area is 90.4 Å². The van der Waals surface area contributed by atoms with Crippen LogP contribution in [0.2, 0.25) is 0 Å². The molecule has 7 heteroatoms. The monoisotopic (exact) mass is 213 g/mol. The topological polar surface area (TPSA) is 74.3 Å². The largest absolute Gasteiger partial charge is 0.209 e. The van der Waals surface area contributed by atoms with Gasteiger partial charge in [-0.3, -0.25) is 0 Å². The average molecular weight is 213 g/mol. The van der Waals surface area contributed by atoms with Crippen molar-refractivity contribution in [1.82, 2.24) is 35.0 Å². The normalized spacial score (nSPS) is 10.5. The lowest BCUT2D eigenvalue weighted by Gasteiger charge is -2.02. The van der Waals surface area contributed by atoms with Gasteiger partial charge < -0.3 is 0 Å². The summed E-state index contributed by atoms with van der Waals surface area (Å²) in [4.78, 5) is 4.38. The van der Waals surface area contributed by atoms with Crippen molar-refractivity contribution in [3.8, 4) is 11.6 Å². The number of hydrogen-bond acceptors (Lipinski definition) is 5. The lowest BCUT2D eigenvalue weighted by molar-refractivity contribution is 0.749. The van der Waals surface area contributed by atoms with E-state index in [-0.39, 0.29) is 0 Å².